The van der Waals surface area contributed by atoms with Crippen molar-refractivity contribution in [3.63, 3.8) is 0 Å². The highest BCUT2D eigenvalue weighted by molar-refractivity contribution is 6.07. The molecule has 1 aliphatic heterocycles. The van der Waals surface area contributed by atoms with Gasteiger partial charge in [0.2, 0.25) is 0 Å². The number of aromatic nitrogens is 2. The maximum Gasteiger partial charge on any atom is 0.416 e. The first-order valence-electron chi connectivity index (χ1n) is 13.5. The molecule has 1 amide bonds. The number of alkyl halides is 3. The minimum atomic E-state index is -4.34. The van der Waals surface area contributed by atoms with Crippen LogP contribution in [0.15, 0.2) is 79.1 Å². The number of rotatable bonds is 8. The zero-order chi connectivity index (χ0) is 27.4. The van der Waals surface area contributed by atoms with Crippen LogP contribution in [-0.2, 0) is 19.3 Å². The summed E-state index contributed by atoms with van der Waals surface area (Å²) in [4.78, 5) is 22.6. The van der Waals surface area contributed by atoms with E-state index in [1.165, 1.54) is 12.1 Å². The molecular weight excluding hydrogens is 501 g/mol. The van der Waals surface area contributed by atoms with Crippen LogP contribution in [0.4, 0.5) is 13.2 Å². The van der Waals surface area contributed by atoms with Gasteiger partial charge in [0.1, 0.15) is 5.82 Å². The lowest BCUT2D eigenvalue weighted by Crippen LogP contribution is -2.54. The molecule has 0 radical (unpaired) electrons. The second-order valence-corrected chi connectivity index (χ2v) is 10.2. The molecule has 0 saturated carbocycles. The summed E-state index contributed by atoms with van der Waals surface area (Å²) >= 11 is 0. The first kappa shape index (κ1) is 26.9. The lowest BCUT2D eigenvalue weighted by Gasteiger charge is -2.41. The van der Waals surface area contributed by atoms with E-state index in [1.54, 1.807) is 6.20 Å². The van der Waals surface area contributed by atoms with E-state index < -0.39 is 11.7 Å². The van der Waals surface area contributed by atoms with Crippen molar-refractivity contribution in [3.05, 3.63) is 102 Å². The molecule has 3 aromatic carbocycles. The summed E-state index contributed by atoms with van der Waals surface area (Å²) in [5.41, 5.74) is 0.880. The number of imidazole rings is 1. The fourth-order valence-corrected chi connectivity index (χ4v) is 5.39. The van der Waals surface area contributed by atoms with Crippen LogP contribution in [0, 0.1) is 0 Å². The highest BCUT2D eigenvalue weighted by atomic mass is 19.4. The van der Waals surface area contributed by atoms with Gasteiger partial charge >= 0.3 is 6.18 Å². The van der Waals surface area contributed by atoms with Crippen molar-refractivity contribution in [2.45, 2.75) is 51.5 Å². The summed E-state index contributed by atoms with van der Waals surface area (Å²) in [5.74, 6) is 0.932. The molecule has 1 saturated heterocycles. The van der Waals surface area contributed by atoms with Crippen molar-refractivity contribution < 1.29 is 18.0 Å². The molecule has 39 heavy (non-hydrogen) atoms. The number of hydrogen-bond acceptors (Lipinski definition) is 3. The number of amides is 1. The molecule has 204 valence electrons. The number of unbranched alkanes of at least 4 members (excludes halogenated alkanes) is 1. The van der Waals surface area contributed by atoms with Gasteiger partial charge in [0.25, 0.3) is 5.91 Å². The van der Waals surface area contributed by atoms with E-state index in [1.807, 2.05) is 58.1 Å². The summed E-state index contributed by atoms with van der Waals surface area (Å²) in [7, 11) is 0. The summed E-state index contributed by atoms with van der Waals surface area (Å²) < 4.78 is 40.8. The number of piperazine rings is 1. The SMILES string of the molecule is CCCCC1CN(C(=O)c2cccc3ccccc23)CCN1Cc1nccn1Cc1ccc(C(F)(F)F)cc1. The first-order chi connectivity index (χ1) is 18.8. The smallest absolute Gasteiger partial charge is 0.336 e. The summed E-state index contributed by atoms with van der Waals surface area (Å²) in [6.45, 7) is 5.26. The number of carbonyl (C=O) groups is 1. The minimum Gasteiger partial charge on any atom is -0.336 e. The predicted molar refractivity (Wildman–Crippen MR) is 146 cm³/mol. The second kappa shape index (κ2) is 11.6. The topological polar surface area (TPSA) is 41.4 Å². The normalized spacial score (nSPS) is 16.6. The van der Waals surface area contributed by atoms with Crippen molar-refractivity contribution >= 4 is 16.7 Å². The Hall–Kier alpha value is -3.65. The third-order valence-corrected chi connectivity index (χ3v) is 7.58. The third-order valence-electron chi connectivity index (χ3n) is 7.58. The van der Waals surface area contributed by atoms with Crippen LogP contribution in [0.2, 0.25) is 0 Å². The molecule has 5 rings (SSSR count). The summed E-state index contributed by atoms with van der Waals surface area (Å²) in [5, 5.41) is 2.03. The quantitative estimate of drug-likeness (QED) is 0.255. The Kier molecular flexibility index (Phi) is 8.02. The van der Waals surface area contributed by atoms with Crippen LogP contribution in [0.1, 0.15) is 53.5 Å². The molecule has 0 N–H and O–H groups in total. The number of nitrogens with zero attached hydrogens (tertiary/aromatic N) is 4. The zero-order valence-electron chi connectivity index (χ0n) is 22.1. The van der Waals surface area contributed by atoms with Crippen LogP contribution >= 0.6 is 0 Å². The molecule has 2 heterocycles. The Bertz CT molecular complexity index is 1410. The molecule has 0 bridgehead atoms. The number of benzene rings is 3. The minimum absolute atomic E-state index is 0.0664. The molecule has 1 unspecified atom stereocenters. The Morgan fingerprint density at radius 1 is 0.974 bits per heavy atom. The van der Waals surface area contributed by atoms with Gasteiger partial charge in [-0.1, -0.05) is 68.3 Å². The van der Waals surface area contributed by atoms with Crippen LogP contribution in [0.25, 0.3) is 10.8 Å². The van der Waals surface area contributed by atoms with Gasteiger partial charge in [-0.2, -0.15) is 13.2 Å². The number of carbonyl (C=O) groups excluding carboxylic acids is 1. The first-order valence-corrected chi connectivity index (χ1v) is 13.5. The maximum absolute atomic E-state index is 13.6. The van der Waals surface area contributed by atoms with Crippen LogP contribution in [-0.4, -0.2) is 50.9 Å². The monoisotopic (exact) mass is 534 g/mol. The lowest BCUT2D eigenvalue weighted by molar-refractivity contribution is -0.137. The molecule has 4 aromatic rings. The van der Waals surface area contributed by atoms with E-state index in [0.717, 1.165) is 65.7 Å². The molecule has 0 aliphatic carbocycles. The van der Waals surface area contributed by atoms with Gasteiger partial charge in [-0.05, 0) is 41.0 Å². The molecule has 0 spiro atoms. The van der Waals surface area contributed by atoms with Crippen LogP contribution in [0.5, 0.6) is 0 Å². The fraction of sp³-hybridized carbons (Fsp3) is 0.355. The van der Waals surface area contributed by atoms with Crippen molar-refractivity contribution in [1.29, 1.82) is 0 Å². The molecule has 8 heteroatoms. The molecule has 1 atom stereocenters. The van der Waals surface area contributed by atoms with E-state index in [-0.39, 0.29) is 11.9 Å². The predicted octanol–water partition coefficient (Wildman–Crippen LogP) is 6.62. The van der Waals surface area contributed by atoms with E-state index in [0.29, 0.717) is 26.2 Å². The Balaban J connectivity index is 1.29. The van der Waals surface area contributed by atoms with Crippen molar-refractivity contribution in [1.82, 2.24) is 19.4 Å². The number of halogens is 3. The van der Waals surface area contributed by atoms with Gasteiger partial charge in [-0.25, -0.2) is 4.98 Å². The average Bonchev–Trinajstić information content (AvgIpc) is 3.37. The van der Waals surface area contributed by atoms with Crippen LogP contribution < -0.4 is 0 Å². The van der Waals surface area contributed by atoms with E-state index in [9.17, 15) is 18.0 Å². The van der Waals surface area contributed by atoms with E-state index in [4.69, 9.17) is 0 Å². The molecule has 5 nitrogen and oxygen atoms in total. The Morgan fingerprint density at radius 2 is 1.74 bits per heavy atom. The molecule has 1 fully saturated rings. The Morgan fingerprint density at radius 3 is 2.51 bits per heavy atom. The van der Waals surface area contributed by atoms with Gasteiger partial charge in [-0.15, -0.1) is 0 Å². The highest BCUT2D eigenvalue weighted by Crippen LogP contribution is 2.29. The van der Waals surface area contributed by atoms with Gasteiger partial charge < -0.3 is 9.47 Å². The standard InChI is InChI=1S/C31H33F3N4O/c1-2-3-9-26-21-38(30(39)28-11-6-8-24-7-4-5-10-27(24)28)19-18-36(26)22-29-35-16-17-37(29)20-23-12-14-25(15-13-23)31(32,33)34/h4-8,10-17,26H,2-3,9,18-22H2,1H3. The largest absolute Gasteiger partial charge is 0.416 e. The molecule has 1 aliphatic rings. The van der Waals surface area contributed by atoms with Crippen molar-refractivity contribution in [2.75, 3.05) is 19.6 Å². The average molecular weight is 535 g/mol. The second-order valence-electron chi connectivity index (χ2n) is 10.2. The van der Waals surface area contributed by atoms with Crippen LogP contribution in [0.3, 0.4) is 0 Å². The zero-order valence-corrected chi connectivity index (χ0v) is 22.1. The lowest BCUT2D eigenvalue weighted by atomic mass is 10.0. The van der Waals surface area contributed by atoms with E-state index in [2.05, 4.69) is 16.8 Å². The fourth-order valence-electron chi connectivity index (χ4n) is 5.39. The Labute approximate surface area is 226 Å². The highest BCUT2D eigenvalue weighted by Gasteiger charge is 2.31. The summed E-state index contributed by atoms with van der Waals surface area (Å²) in [6, 6.07) is 19.4. The molecule has 1 aromatic heterocycles. The number of hydrogen-bond donors (Lipinski definition) is 0. The van der Waals surface area contributed by atoms with Gasteiger partial charge in [0.05, 0.1) is 12.1 Å². The van der Waals surface area contributed by atoms with E-state index >= 15 is 0 Å². The van der Waals surface area contributed by atoms with Gasteiger partial charge in [0.15, 0.2) is 0 Å². The van der Waals surface area contributed by atoms with Crippen molar-refractivity contribution in [2.24, 2.45) is 0 Å². The third kappa shape index (κ3) is 6.17. The van der Waals surface area contributed by atoms with Crippen molar-refractivity contribution in [3.8, 4) is 0 Å². The summed E-state index contributed by atoms with van der Waals surface area (Å²) in [6.07, 6.45) is 2.38. The number of fused-ring (bicyclic) bond motifs is 1. The molecular formula is C31H33F3N4O. The van der Waals surface area contributed by atoms with Gasteiger partial charge in [0, 0.05) is 50.2 Å². The van der Waals surface area contributed by atoms with Gasteiger partial charge in [-0.3, -0.25) is 9.69 Å². The maximum atomic E-state index is 13.6.